The smallest absolute Gasteiger partial charge is 0.254 e. The molecule has 0 aliphatic heterocycles. The van der Waals surface area contributed by atoms with Gasteiger partial charge in [0.05, 0.1) is 52.0 Å². The molecule has 7 aromatic carbocycles. The van der Waals surface area contributed by atoms with E-state index in [1.54, 1.807) is 55.4 Å². The molecular weight excluding hydrogens is 1850 g/mol. The molecule has 16 aromatic rings. The number of aromatic amines is 4. The SMILES string of the molecule is COC(=N)CCCOc1cc(NCc2ccccc2)ccn1.Cc1nc(CCCOc2cc(N)ccn2)[nH]c(=O)c1CCc1ccccc1.Cc1nc(CCCOc2cc(NCc3ccccc3)ccn2)[nH]c(=O)c1CCc1ccccc1.N#CCCCOc1cc(NCc2ccccc2)ccn1.N=C(N)CCCOc1cc(NCc2ccccc2)ccn1.O=c1cc(NCc2ccccc2)cc[nH]1.O=c1cc(O)cc[nH]1. The number of aryl methyl sites for hydroxylation is 6. The van der Waals surface area contributed by atoms with E-state index in [2.05, 4.69) is 160 Å². The van der Waals surface area contributed by atoms with Crippen molar-refractivity contribution >= 4 is 45.9 Å². The van der Waals surface area contributed by atoms with Gasteiger partial charge in [-0.25, -0.2) is 34.9 Å². The van der Waals surface area contributed by atoms with Gasteiger partial charge < -0.3 is 91.5 Å². The van der Waals surface area contributed by atoms with E-state index in [1.807, 2.05) is 208 Å². The summed E-state index contributed by atoms with van der Waals surface area (Å²) in [7, 11) is 1.51. The summed E-state index contributed by atoms with van der Waals surface area (Å²) < 4.78 is 32.8. The Morgan fingerprint density at radius 3 is 0.980 bits per heavy atom. The molecule has 0 saturated carbocycles. The van der Waals surface area contributed by atoms with E-state index < -0.39 is 0 Å². The number of amidine groups is 1. The van der Waals surface area contributed by atoms with Gasteiger partial charge in [-0.05, 0) is 153 Å². The molecule has 760 valence electrons. The van der Waals surface area contributed by atoms with Gasteiger partial charge in [0.25, 0.3) is 16.7 Å². The summed E-state index contributed by atoms with van der Waals surface area (Å²) in [6.07, 6.45) is 21.1. The van der Waals surface area contributed by atoms with Gasteiger partial charge in [0.15, 0.2) is 5.90 Å². The number of anilines is 6. The molecule has 32 heteroatoms. The lowest BCUT2D eigenvalue weighted by Gasteiger charge is -2.10. The number of unbranched alkanes of at least 4 members (excludes halogenated alkanes) is 1. The van der Waals surface area contributed by atoms with E-state index in [0.717, 1.165) is 135 Å². The van der Waals surface area contributed by atoms with Crippen LogP contribution in [0.1, 0.15) is 124 Å². The number of aromatic hydroxyl groups is 1. The molecule has 0 bridgehead atoms. The highest BCUT2D eigenvalue weighted by Gasteiger charge is 2.14. The molecule has 0 aliphatic rings. The van der Waals surface area contributed by atoms with Crippen molar-refractivity contribution in [3.8, 4) is 41.2 Å². The van der Waals surface area contributed by atoms with Crippen molar-refractivity contribution in [2.75, 3.05) is 72.5 Å². The predicted molar refractivity (Wildman–Crippen MR) is 581 cm³/mol. The van der Waals surface area contributed by atoms with Crippen LogP contribution in [0.15, 0.2) is 360 Å². The number of hydrogen-bond acceptors (Lipinski definition) is 27. The number of nitrogens with zero attached hydrogens (tertiary/aromatic N) is 8. The van der Waals surface area contributed by atoms with Crippen molar-refractivity contribution in [1.29, 1.82) is 16.1 Å². The summed E-state index contributed by atoms with van der Waals surface area (Å²) in [6.45, 7) is 10.1. The van der Waals surface area contributed by atoms with Gasteiger partial charge in [0, 0.05) is 207 Å². The van der Waals surface area contributed by atoms with E-state index in [4.69, 9.17) is 61.1 Å². The lowest BCUT2D eigenvalue weighted by molar-refractivity contribution is 0.295. The third kappa shape index (κ3) is 45.6. The summed E-state index contributed by atoms with van der Waals surface area (Å²) in [6, 6.07) is 97.8. The lowest BCUT2D eigenvalue weighted by Crippen LogP contribution is -2.20. The minimum absolute atomic E-state index is 0.00579. The number of H-pyrrole nitrogens is 4. The number of hydrogen-bond donors (Lipinski definition) is 14. The van der Waals surface area contributed by atoms with Crippen molar-refractivity contribution in [2.45, 2.75) is 136 Å². The monoisotopic (exact) mass is 1980 g/mol. The number of benzene rings is 7. The molecule has 0 unspecified atom stereocenters. The summed E-state index contributed by atoms with van der Waals surface area (Å²) in [5, 5.41) is 48.2. The number of nitriles is 1. The van der Waals surface area contributed by atoms with Gasteiger partial charge >= 0.3 is 0 Å². The Bertz CT molecular complexity index is 6820. The zero-order valence-electron chi connectivity index (χ0n) is 83.1. The first-order chi connectivity index (χ1) is 71.8. The second-order valence-corrected chi connectivity index (χ2v) is 33.2. The first kappa shape index (κ1) is 111. The average Bonchev–Trinajstić information content (AvgIpc) is 0.839. The van der Waals surface area contributed by atoms with Crippen LogP contribution in [0.4, 0.5) is 34.1 Å². The Hall–Kier alpha value is -18.0. The number of aromatic nitrogens is 11. The Morgan fingerprint density at radius 2 is 0.673 bits per heavy atom. The summed E-state index contributed by atoms with van der Waals surface area (Å²) in [4.78, 5) is 87.1. The summed E-state index contributed by atoms with van der Waals surface area (Å²) in [5.74, 6) is 4.66. The largest absolute Gasteiger partial charge is 0.508 e. The quantitative estimate of drug-likeness (QED) is 0.00957. The molecule has 0 amide bonds. The Balaban J connectivity index is 0.000000180. The van der Waals surface area contributed by atoms with Crippen molar-refractivity contribution in [3.63, 3.8) is 0 Å². The first-order valence-electron chi connectivity index (χ1n) is 48.5. The Labute approximate surface area is 856 Å². The Kier molecular flexibility index (Phi) is 49.2. The van der Waals surface area contributed by atoms with Crippen LogP contribution in [-0.4, -0.2) is 112 Å². The molecule has 16 N–H and O–H groups in total. The number of ether oxygens (including phenoxy) is 6. The van der Waals surface area contributed by atoms with Crippen LogP contribution in [0.2, 0.25) is 0 Å². The second-order valence-electron chi connectivity index (χ2n) is 33.2. The molecule has 0 radical (unpaired) electrons. The number of methoxy groups -OCH3 is 1. The van der Waals surface area contributed by atoms with Gasteiger partial charge in [0.2, 0.25) is 35.0 Å². The van der Waals surface area contributed by atoms with Crippen LogP contribution in [0.3, 0.4) is 0 Å². The van der Waals surface area contributed by atoms with Gasteiger partial charge in [0.1, 0.15) is 17.4 Å². The second kappa shape index (κ2) is 65.1. The topological polar surface area (TPSA) is 481 Å². The normalized spacial score (nSPS) is 10.2. The summed E-state index contributed by atoms with van der Waals surface area (Å²) >= 11 is 0. The number of nitrogens with two attached hydrogens (primary N) is 2. The highest BCUT2D eigenvalue weighted by atomic mass is 16.5. The van der Waals surface area contributed by atoms with E-state index >= 15 is 0 Å². The molecule has 0 saturated heterocycles. The highest BCUT2D eigenvalue weighted by molar-refractivity contribution is 5.76. The van der Waals surface area contributed by atoms with Crippen LogP contribution >= 0.6 is 0 Å². The highest BCUT2D eigenvalue weighted by Crippen LogP contribution is 2.23. The molecule has 0 aliphatic carbocycles. The predicted octanol–water partition coefficient (Wildman–Crippen LogP) is 19.4. The minimum Gasteiger partial charge on any atom is -0.508 e. The molecule has 9 aromatic heterocycles. The van der Waals surface area contributed by atoms with Crippen molar-refractivity contribution in [1.82, 2.24) is 54.8 Å². The maximum atomic E-state index is 12.6. The molecule has 9 heterocycles. The number of pyridine rings is 7. The molecule has 147 heavy (non-hydrogen) atoms. The van der Waals surface area contributed by atoms with Crippen LogP contribution in [-0.2, 0) is 76.0 Å². The fourth-order valence-corrected chi connectivity index (χ4v) is 14.0. The van der Waals surface area contributed by atoms with E-state index in [0.29, 0.717) is 125 Å². The Morgan fingerprint density at radius 1 is 0.367 bits per heavy atom. The third-order valence-corrected chi connectivity index (χ3v) is 21.7. The van der Waals surface area contributed by atoms with E-state index in [-0.39, 0.29) is 39.7 Å². The molecule has 32 nitrogen and oxygen atoms in total. The molecule has 0 fully saturated rings. The maximum absolute atomic E-state index is 12.6. The fourth-order valence-electron chi connectivity index (χ4n) is 14.0. The van der Waals surface area contributed by atoms with Gasteiger partial charge in [-0.3, -0.25) is 30.0 Å². The fraction of sp³-hybridized carbons (Fsp3) is 0.235. The van der Waals surface area contributed by atoms with Crippen molar-refractivity contribution in [3.05, 3.63) is 455 Å². The molecule has 16 rings (SSSR count). The minimum atomic E-state index is -0.287. The van der Waals surface area contributed by atoms with Gasteiger partial charge in [-0.1, -0.05) is 212 Å². The van der Waals surface area contributed by atoms with Crippen molar-refractivity contribution < 1.29 is 33.5 Å². The van der Waals surface area contributed by atoms with Gasteiger partial charge in [-0.15, -0.1) is 0 Å². The number of nitrogen functional groups attached to an aromatic ring is 1. The average molecular weight is 1980 g/mol. The lowest BCUT2D eigenvalue weighted by atomic mass is 10.0. The van der Waals surface area contributed by atoms with Crippen LogP contribution in [0, 0.1) is 36.0 Å². The molecule has 0 spiro atoms. The number of rotatable bonds is 45. The van der Waals surface area contributed by atoms with E-state index in [1.165, 1.54) is 58.3 Å². The first-order valence-corrected chi connectivity index (χ1v) is 48.5. The molecular formula is C115H129N21O11. The van der Waals surface area contributed by atoms with Gasteiger partial charge in [-0.2, -0.15) is 5.26 Å². The zero-order chi connectivity index (χ0) is 104. The number of nitrogens with one attached hydrogen (secondary N) is 11. The van der Waals surface area contributed by atoms with Crippen LogP contribution in [0.25, 0.3) is 0 Å². The van der Waals surface area contributed by atoms with Crippen molar-refractivity contribution in [2.24, 2.45) is 5.73 Å². The van der Waals surface area contributed by atoms with Crippen LogP contribution < -0.4 is 84.0 Å². The zero-order valence-corrected chi connectivity index (χ0v) is 83.1. The van der Waals surface area contributed by atoms with E-state index in [9.17, 15) is 19.2 Å². The molecule has 0 atom stereocenters. The standard InChI is InChI=1S/C28H30N4O2.C21H24N4O2.C17H21N3O2.C16H20N4O.C16H17N3O.C12H12N2O.C5H5NO2/c1-21-25(15-14-22-9-4-2-5-10-22)28(33)32-26(31-21)13-8-18-34-27-19-24(16-17-29-27)30-20-23-11-6-3-7-12-23;1-15-18(10-9-16-6-3-2-4-7-16)21(26)25-19(24-15)8-5-13-27-20-14-17(22)11-12-23-20;1-21-16(18)8-5-11-22-17-12-15(9-10-19-17)20-13-14-6-3-2-4-7-14;17-15(18)7-4-10-21-16-11-14(8-9-19-16)20-12-13-5-2-1-3-6-13;17-9-4-5-11-20-16-12-15(8-10-18-16)19-13-14-6-2-1-3-7-14;15-12-8-11(6-7-13-12)14-9-10-4-2-1-3-5-10;7-4-1-2-6-5(8)3-4/h2-7,9-12,16-17,19H,8,13-15,18,20H2,1H3,(H,29,30)(H,31,32,33);2-4,6-7,11-12,14H,5,8-10,13H2,1H3,(H2,22,23)(H,24,25,26);2-4,6-7,9-10,12,18H,5,8,11,13H2,1H3,(H,19,20);1-3,5-6,8-9,11H,4,7,10,12H2,(H3,17,18)(H,19,20);1-3,6-8,10,12H,4-5,11,13H2,(H,18,19);1-8H,9H2,(H2,13,14,15);1-3H,(H2,6,7,8). The third-order valence-electron chi connectivity index (χ3n) is 21.7. The summed E-state index contributed by atoms with van der Waals surface area (Å²) in [5.41, 5.74) is 27.4. The maximum Gasteiger partial charge on any atom is 0.254 e. The van der Waals surface area contributed by atoms with Crippen LogP contribution in [0.5, 0.6) is 35.1 Å².